The molecule has 2 amide bonds. The molecule has 5 rings (SSSR count). The summed E-state index contributed by atoms with van der Waals surface area (Å²) in [7, 11) is 3.40. The first-order chi connectivity index (χ1) is 17.5. The van der Waals surface area contributed by atoms with Crippen molar-refractivity contribution in [2.45, 2.75) is 70.4 Å². The van der Waals surface area contributed by atoms with Crippen LogP contribution < -0.4 is 25.2 Å². The predicted octanol–water partition coefficient (Wildman–Crippen LogP) is 4.26. The monoisotopic (exact) mass is 492 g/mol. The Morgan fingerprint density at radius 3 is 2.61 bits per heavy atom. The van der Waals surface area contributed by atoms with Gasteiger partial charge in [-0.25, -0.2) is 4.98 Å². The number of carbonyl (C=O) groups excluding carboxylic acids is 2. The van der Waals surface area contributed by atoms with Gasteiger partial charge in [0.05, 0.1) is 24.9 Å². The number of ether oxygens (including phenoxy) is 1. The highest BCUT2D eigenvalue weighted by molar-refractivity contribution is 5.99. The van der Waals surface area contributed by atoms with Crippen molar-refractivity contribution in [3.8, 4) is 5.75 Å². The molecule has 0 saturated heterocycles. The minimum atomic E-state index is -0.0868. The third-order valence-electron chi connectivity index (χ3n) is 7.89. The molecule has 1 aliphatic heterocycles. The third kappa shape index (κ3) is 4.70. The van der Waals surface area contributed by atoms with E-state index >= 15 is 0 Å². The number of hydrogen-bond donors (Lipinski definition) is 2. The van der Waals surface area contributed by atoms with E-state index < -0.39 is 0 Å². The van der Waals surface area contributed by atoms with Crippen molar-refractivity contribution in [2.24, 2.45) is 5.92 Å². The molecule has 2 aromatic rings. The number of carbonyl (C=O) groups is 2. The highest BCUT2D eigenvalue weighted by Crippen LogP contribution is 2.38. The van der Waals surface area contributed by atoms with Gasteiger partial charge in [-0.05, 0) is 56.7 Å². The number of fused-ring (bicyclic) bond motifs is 1. The Balaban J connectivity index is 1.43. The largest absolute Gasteiger partial charge is 0.495 e. The summed E-state index contributed by atoms with van der Waals surface area (Å²) in [5, 5.41) is 6.34. The highest BCUT2D eigenvalue weighted by Gasteiger charge is 2.36. The van der Waals surface area contributed by atoms with Gasteiger partial charge in [0, 0.05) is 31.2 Å². The summed E-state index contributed by atoms with van der Waals surface area (Å²) in [6, 6.07) is 5.99. The van der Waals surface area contributed by atoms with Crippen molar-refractivity contribution >= 4 is 35.0 Å². The maximum Gasteiger partial charge on any atom is 0.251 e. The SMILES string of the molecule is CCC1CN(C2CCCC2)c2nc(Nc3ccc(C(=O)NC4CCC4)cc3OC)ncc2N(C)C1=O. The van der Waals surface area contributed by atoms with Gasteiger partial charge < -0.3 is 25.2 Å². The fourth-order valence-electron chi connectivity index (χ4n) is 5.39. The van der Waals surface area contributed by atoms with Gasteiger partial charge in [0.25, 0.3) is 5.91 Å². The molecular weight excluding hydrogens is 456 g/mol. The lowest BCUT2D eigenvalue weighted by Crippen LogP contribution is -2.39. The molecular formula is C27H36N6O3. The lowest BCUT2D eigenvalue weighted by atomic mass is 9.93. The second-order valence-electron chi connectivity index (χ2n) is 10.1. The Bertz CT molecular complexity index is 1130. The number of hydrogen-bond acceptors (Lipinski definition) is 7. The molecule has 2 saturated carbocycles. The van der Waals surface area contributed by atoms with Gasteiger partial charge in [-0.15, -0.1) is 0 Å². The number of anilines is 4. The molecule has 2 fully saturated rings. The van der Waals surface area contributed by atoms with E-state index in [0.717, 1.165) is 43.6 Å². The van der Waals surface area contributed by atoms with Crippen molar-refractivity contribution < 1.29 is 14.3 Å². The van der Waals surface area contributed by atoms with E-state index in [1.165, 1.54) is 19.3 Å². The lowest BCUT2D eigenvalue weighted by molar-refractivity contribution is -0.121. The van der Waals surface area contributed by atoms with Gasteiger partial charge in [-0.2, -0.15) is 4.98 Å². The van der Waals surface area contributed by atoms with Gasteiger partial charge in [0.15, 0.2) is 5.82 Å². The second-order valence-corrected chi connectivity index (χ2v) is 10.1. The number of amides is 2. The van der Waals surface area contributed by atoms with Crippen LogP contribution in [0.4, 0.5) is 23.1 Å². The first-order valence-electron chi connectivity index (χ1n) is 13.2. The van der Waals surface area contributed by atoms with Crippen molar-refractivity contribution in [3.63, 3.8) is 0 Å². The second kappa shape index (κ2) is 10.3. The number of nitrogens with one attached hydrogen (secondary N) is 2. The molecule has 9 heteroatoms. The minimum absolute atomic E-state index is 0.0695. The van der Waals surface area contributed by atoms with Crippen LogP contribution in [-0.2, 0) is 4.79 Å². The molecule has 0 spiro atoms. The van der Waals surface area contributed by atoms with E-state index in [9.17, 15) is 9.59 Å². The highest BCUT2D eigenvalue weighted by atomic mass is 16.5. The molecule has 0 bridgehead atoms. The average Bonchev–Trinajstić information content (AvgIpc) is 3.38. The first kappa shape index (κ1) is 24.3. The van der Waals surface area contributed by atoms with E-state index in [-0.39, 0.29) is 23.8 Å². The van der Waals surface area contributed by atoms with E-state index in [1.807, 2.05) is 13.1 Å². The van der Waals surface area contributed by atoms with Crippen molar-refractivity contribution in [1.29, 1.82) is 0 Å². The van der Waals surface area contributed by atoms with E-state index in [4.69, 9.17) is 9.72 Å². The van der Waals surface area contributed by atoms with E-state index in [0.29, 0.717) is 35.5 Å². The van der Waals surface area contributed by atoms with Crippen LogP contribution in [0.3, 0.4) is 0 Å². The van der Waals surface area contributed by atoms with Gasteiger partial charge in [0.2, 0.25) is 11.9 Å². The maximum absolute atomic E-state index is 13.1. The number of nitrogens with zero attached hydrogens (tertiary/aromatic N) is 4. The Hall–Kier alpha value is -3.36. The molecule has 0 radical (unpaired) electrons. The van der Waals surface area contributed by atoms with Gasteiger partial charge in [-0.3, -0.25) is 9.59 Å². The Labute approximate surface area is 212 Å². The maximum atomic E-state index is 13.1. The number of benzene rings is 1. The standard InChI is InChI=1S/C27H36N6O3/c1-4-17-16-33(20-10-5-6-11-20)24-22(32(2)26(17)35)15-28-27(31-24)30-21-13-12-18(14-23(21)36-3)25(34)29-19-8-7-9-19/h12-15,17,19-20H,4-11,16H2,1-3H3,(H,29,34)(H,28,30,31). The lowest BCUT2D eigenvalue weighted by Gasteiger charge is -2.31. The van der Waals surface area contributed by atoms with Crippen LogP contribution >= 0.6 is 0 Å². The molecule has 192 valence electrons. The summed E-state index contributed by atoms with van der Waals surface area (Å²) in [4.78, 5) is 39.2. The van der Waals surface area contributed by atoms with E-state index in [2.05, 4.69) is 27.4 Å². The molecule has 3 aliphatic rings. The predicted molar refractivity (Wildman–Crippen MR) is 140 cm³/mol. The molecule has 1 atom stereocenters. The molecule has 2 heterocycles. The molecule has 1 aromatic carbocycles. The summed E-state index contributed by atoms with van der Waals surface area (Å²) in [6.07, 6.45) is 10.4. The average molecular weight is 493 g/mol. The van der Waals surface area contributed by atoms with Crippen molar-refractivity contribution in [2.75, 3.05) is 35.8 Å². The van der Waals surface area contributed by atoms with Crippen LogP contribution in [0, 0.1) is 5.92 Å². The summed E-state index contributed by atoms with van der Waals surface area (Å²) < 4.78 is 5.59. The number of aromatic nitrogens is 2. The van der Waals surface area contributed by atoms with Gasteiger partial charge >= 0.3 is 0 Å². The summed E-state index contributed by atoms with van der Waals surface area (Å²) >= 11 is 0. The third-order valence-corrected chi connectivity index (χ3v) is 7.89. The van der Waals surface area contributed by atoms with Gasteiger partial charge in [-0.1, -0.05) is 19.8 Å². The zero-order valence-corrected chi connectivity index (χ0v) is 21.4. The summed E-state index contributed by atoms with van der Waals surface area (Å²) in [6.45, 7) is 2.74. The van der Waals surface area contributed by atoms with E-state index in [1.54, 1.807) is 30.3 Å². The quantitative estimate of drug-likeness (QED) is 0.596. The molecule has 2 N–H and O–H groups in total. The fourth-order valence-corrected chi connectivity index (χ4v) is 5.39. The van der Waals surface area contributed by atoms with Crippen LogP contribution in [0.15, 0.2) is 24.4 Å². The molecule has 1 unspecified atom stereocenters. The summed E-state index contributed by atoms with van der Waals surface area (Å²) in [5.41, 5.74) is 1.98. The van der Waals surface area contributed by atoms with Crippen LogP contribution in [0.2, 0.25) is 0 Å². The van der Waals surface area contributed by atoms with Crippen molar-refractivity contribution in [1.82, 2.24) is 15.3 Å². The minimum Gasteiger partial charge on any atom is -0.495 e. The van der Waals surface area contributed by atoms with Crippen LogP contribution in [-0.4, -0.2) is 54.6 Å². The first-order valence-corrected chi connectivity index (χ1v) is 13.2. The van der Waals surface area contributed by atoms with Crippen LogP contribution in [0.5, 0.6) is 5.75 Å². The Morgan fingerprint density at radius 2 is 1.94 bits per heavy atom. The zero-order valence-electron chi connectivity index (χ0n) is 21.4. The Kier molecular flexibility index (Phi) is 6.98. The number of methoxy groups -OCH3 is 1. The Morgan fingerprint density at radius 1 is 1.17 bits per heavy atom. The summed E-state index contributed by atoms with van der Waals surface area (Å²) in [5.74, 6) is 1.72. The molecule has 1 aromatic heterocycles. The zero-order chi connectivity index (χ0) is 25.2. The molecule has 2 aliphatic carbocycles. The number of rotatable bonds is 7. The van der Waals surface area contributed by atoms with Crippen LogP contribution in [0.1, 0.15) is 68.6 Å². The van der Waals surface area contributed by atoms with Gasteiger partial charge in [0.1, 0.15) is 11.4 Å². The molecule has 36 heavy (non-hydrogen) atoms. The van der Waals surface area contributed by atoms with Crippen molar-refractivity contribution in [3.05, 3.63) is 30.0 Å². The smallest absolute Gasteiger partial charge is 0.251 e. The topological polar surface area (TPSA) is 99.7 Å². The molecule has 9 nitrogen and oxygen atoms in total. The van der Waals surface area contributed by atoms with Crippen LogP contribution in [0.25, 0.3) is 0 Å². The normalized spacial score (nSPS) is 20.5. The fraction of sp³-hybridized carbons (Fsp3) is 0.556.